The molecule has 0 aliphatic rings. The lowest BCUT2D eigenvalue weighted by Crippen LogP contribution is -1.99. The molecule has 0 radical (unpaired) electrons. The van der Waals surface area contributed by atoms with E-state index in [-0.39, 0.29) is 4.87 Å². The molecule has 0 unspecified atom stereocenters. The van der Waals surface area contributed by atoms with Crippen LogP contribution in [0.2, 0.25) is 0 Å². The lowest BCUT2D eigenvalue weighted by Gasteiger charge is -2.01. The summed E-state index contributed by atoms with van der Waals surface area (Å²) in [6.07, 6.45) is 1.08. The molecule has 0 aromatic heterocycles. The van der Waals surface area contributed by atoms with Gasteiger partial charge in [0.15, 0.2) is 0 Å². The first-order valence-electron chi connectivity index (χ1n) is 3.16. The van der Waals surface area contributed by atoms with Gasteiger partial charge in [-0.15, -0.1) is 23.2 Å². The van der Waals surface area contributed by atoms with Crippen molar-refractivity contribution < 1.29 is 0 Å². The second kappa shape index (κ2) is 6.70. The molecule has 0 saturated heterocycles. The summed E-state index contributed by atoms with van der Waals surface area (Å²) in [5.74, 6) is 0.792. The van der Waals surface area contributed by atoms with Crippen molar-refractivity contribution in [1.29, 1.82) is 0 Å². The number of halogens is 2. The Kier molecular flexibility index (Phi) is 9.13. The molecule has 0 heterocycles. The van der Waals surface area contributed by atoms with Crippen molar-refractivity contribution in [1.82, 2.24) is 0 Å². The van der Waals surface area contributed by atoms with Gasteiger partial charge in [-0.2, -0.15) is 0 Å². The average Bonchev–Trinajstić information content (AvgIpc) is 1.61. The summed E-state index contributed by atoms with van der Waals surface area (Å²) in [6.45, 7) is 7.91. The lowest BCUT2D eigenvalue weighted by molar-refractivity contribution is 0.788. The molecular weight excluding hydrogens is 155 g/mol. The van der Waals surface area contributed by atoms with Crippen molar-refractivity contribution >= 4 is 23.2 Å². The monoisotopic (exact) mass is 170 g/mol. The minimum atomic E-state index is -0.0278. The molecule has 58 valence electrons. The zero-order valence-electron chi connectivity index (χ0n) is 6.67. The van der Waals surface area contributed by atoms with Crippen LogP contribution in [0.1, 0.15) is 34.1 Å². The predicted molar refractivity (Wildman–Crippen MR) is 46.6 cm³/mol. The van der Waals surface area contributed by atoms with Crippen molar-refractivity contribution in [2.45, 2.75) is 39.0 Å². The van der Waals surface area contributed by atoms with Crippen LogP contribution in [0.15, 0.2) is 0 Å². The molecule has 9 heavy (non-hydrogen) atoms. The summed E-state index contributed by atoms with van der Waals surface area (Å²) in [4.78, 5) is -0.0278. The molecule has 0 atom stereocenters. The van der Waals surface area contributed by atoms with Crippen molar-refractivity contribution in [3.05, 3.63) is 0 Å². The van der Waals surface area contributed by atoms with E-state index in [1.165, 1.54) is 0 Å². The Hall–Kier alpha value is 0.580. The third-order valence-corrected chi connectivity index (χ3v) is 0.567. The molecule has 0 N–H and O–H groups in total. The summed E-state index contributed by atoms with van der Waals surface area (Å²) >= 11 is 10.7. The number of hydrogen-bond donors (Lipinski definition) is 0. The summed E-state index contributed by atoms with van der Waals surface area (Å²) in [7, 11) is 0. The molecule has 0 fully saturated rings. The fourth-order valence-electron chi connectivity index (χ4n) is 0. The molecule has 0 amide bonds. The molecule has 0 aliphatic heterocycles. The van der Waals surface area contributed by atoms with Crippen LogP contribution in [0.25, 0.3) is 0 Å². The van der Waals surface area contributed by atoms with Gasteiger partial charge in [-0.3, -0.25) is 0 Å². The Morgan fingerprint density at radius 2 is 1.33 bits per heavy atom. The van der Waals surface area contributed by atoms with E-state index in [0.29, 0.717) is 0 Å². The first-order valence-corrected chi connectivity index (χ1v) is 4.08. The highest BCUT2D eigenvalue weighted by molar-refractivity contribution is 6.23. The maximum Gasteiger partial charge on any atom is 0.0362 e. The van der Waals surface area contributed by atoms with Crippen LogP contribution < -0.4 is 0 Å². The third-order valence-electron chi connectivity index (χ3n) is 0.189. The first kappa shape index (κ1) is 12.3. The van der Waals surface area contributed by atoms with E-state index in [1.54, 1.807) is 0 Å². The van der Waals surface area contributed by atoms with Crippen LogP contribution in [0.5, 0.6) is 0 Å². The van der Waals surface area contributed by atoms with Gasteiger partial charge in [-0.1, -0.05) is 6.92 Å². The molecule has 0 rings (SSSR count). The fraction of sp³-hybridized carbons (Fsp3) is 1.00. The second-order valence-corrected chi connectivity index (χ2v) is 4.27. The maximum atomic E-state index is 5.53. The van der Waals surface area contributed by atoms with Crippen molar-refractivity contribution in [2.24, 2.45) is 0 Å². The SMILES string of the molecule is CC(C)(C)Cl.CCCCl. The molecule has 2 heteroatoms. The Bertz CT molecular complexity index is 37.4. The van der Waals surface area contributed by atoms with Gasteiger partial charge in [-0.25, -0.2) is 0 Å². The van der Waals surface area contributed by atoms with Crippen LogP contribution >= 0.6 is 23.2 Å². The lowest BCUT2D eigenvalue weighted by atomic mass is 10.3. The van der Waals surface area contributed by atoms with Crippen LogP contribution in [0.4, 0.5) is 0 Å². The van der Waals surface area contributed by atoms with E-state index in [4.69, 9.17) is 23.2 Å². The summed E-state index contributed by atoms with van der Waals surface area (Å²) in [5, 5.41) is 0. The Morgan fingerprint density at radius 3 is 1.33 bits per heavy atom. The van der Waals surface area contributed by atoms with Gasteiger partial charge in [0, 0.05) is 10.8 Å². The van der Waals surface area contributed by atoms with Crippen molar-refractivity contribution in [3.8, 4) is 0 Å². The molecule has 0 aromatic rings. The maximum absolute atomic E-state index is 5.53. The van der Waals surface area contributed by atoms with E-state index in [2.05, 4.69) is 0 Å². The van der Waals surface area contributed by atoms with E-state index in [9.17, 15) is 0 Å². The highest BCUT2D eigenvalue weighted by Crippen LogP contribution is 2.07. The first-order chi connectivity index (χ1) is 3.91. The topological polar surface area (TPSA) is 0 Å². The smallest absolute Gasteiger partial charge is 0.0362 e. The normalized spacial score (nSPS) is 10.0. The predicted octanol–water partition coefficient (Wildman–Crippen LogP) is 3.66. The largest absolute Gasteiger partial charge is 0.127 e. The van der Waals surface area contributed by atoms with Crippen LogP contribution in [0.3, 0.4) is 0 Å². The number of rotatable bonds is 1. The molecule has 0 nitrogen and oxygen atoms in total. The van der Waals surface area contributed by atoms with Crippen LogP contribution in [-0.2, 0) is 0 Å². The second-order valence-electron chi connectivity index (χ2n) is 2.76. The van der Waals surface area contributed by atoms with Gasteiger partial charge < -0.3 is 0 Å². The van der Waals surface area contributed by atoms with E-state index in [1.807, 2.05) is 27.7 Å². The minimum Gasteiger partial charge on any atom is -0.127 e. The fourth-order valence-corrected chi connectivity index (χ4v) is 0. The molecule has 0 aromatic carbocycles. The number of alkyl halides is 2. The van der Waals surface area contributed by atoms with Gasteiger partial charge in [-0.05, 0) is 27.2 Å². The molecule has 0 bridgehead atoms. The zero-order valence-corrected chi connectivity index (χ0v) is 8.18. The third kappa shape index (κ3) is 149. The van der Waals surface area contributed by atoms with Gasteiger partial charge >= 0.3 is 0 Å². The summed E-state index contributed by atoms with van der Waals surface area (Å²) < 4.78 is 0. The highest BCUT2D eigenvalue weighted by Gasteiger charge is 1.99. The van der Waals surface area contributed by atoms with Gasteiger partial charge in [0.25, 0.3) is 0 Å². The highest BCUT2D eigenvalue weighted by atomic mass is 35.5. The Labute approximate surface area is 68.5 Å². The number of hydrogen-bond acceptors (Lipinski definition) is 0. The molecule has 0 spiro atoms. The van der Waals surface area contributed by atoms with Crippen LogP contribution in [0, 0.1) is 0 Å². The summed E-state index contributed by atoms with van der Waals surface area (Å²) in [6, 6.07) is 0. The molecule has 0 saturated carbocycles. The van der Waals surface area contributed by atoms with E-state index in [0.717, 1.165) is 12.3 Å². The Morgan fingerprint density at radius 1 is 1.22 bits per heavy atom. The van der Waals surface area contributed by atoms with Crippen molar-refractivity contribution in [3.63, 3.8) is 0 Å². The minimum absolute atomic E-state index is 0.0278. The molecular formula is C7H16Cl2. The van der Waals surface area contributed by atoms with E-state index >= 15 is 0 Å². The van der Waals surface area contributed by atoms with Gasteiger partial charge in [0.05, 0.1) is 0 Å². The van der Waals surface area contributed by atoms with E-state index < -0.39 is 0 Å². The van der Waals surface area contributed by atoms with Crippen molar-refractivity contribution in [2.75, 3.05) is 5.88 Å². The molecule has 0 aliphatic carbocycles. The standard InChI is InChI=1S/C4H9Cl.C3H7Cl/c1-4(2,3)5;1-2-3-4/h1-3H3;2-3H2,1H3. The summed E-state index contributed by atoms with van der Waals surface area (Å²) in [5.41, 5.74) is 0. The average molecular weight is 171 g/mol. The Balaban J connectivity index is 0. The van der Waals surface area contributed by atoms with Gasteiger partial charge in [0.2, 0.25) is 0 Å². The quantitative estimate of drug-likeness (QED) is 0.528. The van der Waals surface area contributed by atoms with Crippen LogP contribution in [-0.4, -0.2) is 10.8 Å². The zero-order chi connectivity index (χ0) is 7.91. The van der Waals surface area contributed by atoms with Gasteiger partial charge in [0.1, 0.15) is 0 Å².